The molecule has 2 heterocycles. The Morgan fingerprint density at radius 1 is 1.36 bits per heavy atom. The van der Waals surface area contributed by atoms with E-state index in [1.165, 1.54) is 0 Å². The van der Waals surface area contributed by atoms with Crippen molar-refractivity contribution in [1.29, 1.82) is 0 Å². The van der Waals surface area contributed by atoms with Crippen LogP contribution in [-0.4, -0.2) is 44.2 Å². The highest BCUT2D eigenvalue weighted by Crippen LogP contribution is 2.29. The van der Waals surface area contributed by atoms with E-state index in [1.54, 1.807) is 18.4 Å². The molecular formula is C17H31Cl2N3O2S. The Bertz CT molecular complexity index is 521. The van der Waals surface area contributed by atoms with Crippen LogP contribution in [-0.2, 0) is 21.4 Å². The van der Waals surface area contributed by atoms with Crippen molar-refractivity contribution >= 4 is 42.1 Å². The average molecular weight is 412 g/mol. The summed E-state index contributed by atoms with van der Waals surface area (Å²) in [5.74, 6) is 0.119. The zero-order valence-corrected chi connectivity index (χ0v) is 18.0. The normalized spacial score (nSPS) is 16.5. The third-order valence-corrected chi connectivity index (χ3v) is 5.32. The van der Waals surface area contributed by atoms with Gasteiger partial charge in [-0.3, -0.25) is 4.79 Å². The molecule has 0 saturated carbocycles. The van der Waals surface area contributed by atoms with Crippen molar-refractivity contribution in [3.8, 4) is 0 Å². The van der Waals surface area contributed by atoms with Gasteiger partial charge in [0.05, 0.1) is 22.7 Å². The molecule has 1 aliphatic rings. The Hall–Kier alpha value is -0.400. The van der Waals surface area contributed by atoms with Gasteiger partial charge in [-0.2, -0.15) is 0 Å². The van der Waals surface area contributed by atoms with Crippen molar-refractivity contribution in [1.82, 2.24) is 15.6 Å². The molecule has 0 spiro atoms. The number of carbonyl (C=O) groups excluding carboxylic acids is 1. The second-order valence-corrected chi connectivity index (χ2v) is 8.29. The van der Waals surface area contributed by atoms with Gasteiger partial charge in [0, 0.05) is 30.9 Å². The average Bonchev–Trinajstić information content (AvgIpc) is 2.97. The monoisotopic (exact) mass is 411 g/mol. The van der Waals surface area contributed by atoms with Crippen LogP contribution in [0.5, 0.6) is 0 Å². The summed E-state index contributed by atoms with van der Waals surface area (Å²) in [4.78, 5) is 17.3. The lowest BCUT2D eigenvalue weighted by molar-refractivity contribution is -0.136. The van der Waals surface area contributed by atoms with Gasteiger partial charge in [0.2, 0.25) is 5.91 Å². The first-order valence-electron chi connectivity index (χ1n) is 8.30. The van der Waals surface area contributed by atoms with E-state index in [0.717, 1.165) is 43.1 Å². The predicted octanol–water partition coefficient (Wildman–Crippen LogP) is 2.96. The lowest BCUT2D eigenvalue weighted by Gasteiger charge is -2.35. The molecule has 0 bridgehead atoms. The summed E-state index contributed by atoms with van der Waals surface area (Å²) in [5.41, 5.74) is 0.827. The number of hydrogen-bond acceptors (Lipinski definition) is 5. The Morgan fingerprint density at radius 2 is 2.00 bits per heavy atom. The largest absolute Gasteiger partial charge is 0.384 e. The van der Waals surface area contributed by atoms with Gasteiger partial charge in [0.25, 0.3) is 0 Å². The fourth-order valence-corrected chi connectivity index (χ4v) is 3.88. The van der Waals surface area contributed by atoms with Crippen molar-refractivity contribution in [3.63, 3.8) is 0 Å². The van der Waals surface area contributed by atoms with E-state index < -0.39 is 0 Å². The minimum absolute atomic E-state index is 0. The number of thiazole rings is 1. The van der Waals surface area contributed by atoms with E-state index in [1.807, 2.05) is 0 Å². The molecule has 1 fully saturated rings. The molecule has 146 valence electrons. The van der Waals surface area contributed by atoms with Crippen LogP contribution in [0, 0.1) is 5.41 Å². The zero-order chi connectivity index (χ0) is 16.9. The number of halogens is 2. The SMILES string of the molecule is COCC1(C(=O)NCCc2nc(C(C)(C)C)cs2)CCNCC1.Cl.Cl. The van der Waals surface area contributed by atoms with Crippen molar-refractivity contribution in [3.05, 3.63) is 16.1 Å². The van der Waals surface area contributed by atoms with Crippen molar-refractivity contribution in [2.24, 2.45) is 5.41 Å². The van der Waals surface area contributed by atoms with Gasteiger partial charge in [0.15, 0.2) is 0 Å². The van der Waals surface area contributed by atoms with Gasteiger partial charge in [-0.15, -0.1) is 36.2 Å². The minimum atomic E-state index is -0.376. The Labute approximate surface area is 167 Å². The van der Waals surface area contributed by atoms with Crippen LogP contribution in [0.1, 0.15) is 44.3 Å². The first-order chi connectivity index (χ1) is 10.9. The molecule has 0 unspecified atom stereocenters. The van der Waals surface area contributed by atoms with Gasteiger partial charge in [-0.05, 0) is 25.9 Å². The third kappa shape index (κ3) is 6.68. The maximum absolute atomic E-state index is 12.6. The summed E-state index contributed by atoms with van der Waals surface area (Å²) in [6.45, 7) is 9.37. The molecule has 0 radical (unpaired) electrons. The van der Waals surface area contributed by atoms with Crippen LogP contribution < -0.4 is 10.6 Å². The molecule has 1 aromatic rings. The van der Waals surface area contributed by atoms with E-state index in [2.05, 4.69) is 41.8 Å². The number of carbonyl (C=O) groups is 1. The van der Waals surface area contributed by atoms with Gasteiger partial charge in [-0.25, -0.2) is 4.98 Å². The van der Waals surface area contributed by atoms with Gasteiger partial charge < -0.3 is 15.4 Å². The molecule has 2 rings (SSSR count). The standard InChI is InChI=1S/C17H29N3O2S.2ClH/c1-16(2,3)13-11-23-14(20-13)5-8-19-15(21)17(12-22-4)6-9-18-10-7-17;;/h11,18H,5-10,12H2,1-4H3,(H,19,21);2*1H. The van der Waals surface area contributed by atoms with Gasteiger partial charge in [-0.1, -0.05) is 20.8 Å². The summed E-state index contributed by atoms with van der Waals surface area (Å²) in [6, 6.07) is 0. The van der Waals surface area contributed by atoms with E-state index >= 15 is 0 Å². The predicted molar refractivity (Wildman–Crippen MR) is 108 cm³/mol. The van der Waals surface area contributed by atoms with Gasteiger partial charge in [0.1, 0.15) is 0 Å². The molecule has 0 aromatic carbocycles. The quantitative estimate of drug-likeness (QED) is 0.754. The molecule has 0 atom stereocenters. The maximum Gasteiger partial charge on any atom is 0.228 e. The molecular weight excluding hydrogens is 381 g/mol. The van der Waals surface area contributed by atoms with Crippen molar-refractivity contribution < 1.29 is 9.53 Å². The highest BCUT2D eigenvalue weighted by Gasteiger charge is 2.39. The van der Waals surface area contributed by atoms with Gasteiger partial charge >= 0.3 is 0 Å². The molecule has 8 heteroatoms. The first-order valence-corrected chi connectivity index (χ1v) is 9.18. The topological polar surface area (TPSA) is 63.2 Å². The molecule has 1 saturated heterocycles. The van der Waals surface area contributed by atoms with Crippen LogP contribution in [0.25, 0.3) is 0 Å². The van der Waals surface area contributed by atoms with E-state index in [9.17, 15) is 4.79 Å². The van der Waals surface area contributed by atoms with Crippen LogP contribution in [0.15, 0.2) is 5.38 Å². The van der Waals surface area contributed by atoms with Crippen LogP contribution in [0.2, 0.25) is 0 Å². The van der Waals surface area contributed by atoms with Crippen LogP contribution in [0.3, 0.4) is 0 Å². The summed E-state index contributed by atoms with van der Waals surface area (Å²) in [6.07, 6.45) is 2.45. The molecule has 2 N–H and O–H groups in total. The van der Waals surface area contributed by atoms with Crippen LogP contribution in [0.4, 0.5) is 0 Å². The minimum Gasteiger partial charge on any atom is -0.384 e. The highest BCUT2D eigenvalue weighted by atomic mass is 35.5. The summed E-state index contributed by atoms with van der Waals surface area (Å²) < 4.78 is 5.31. The highest BCUT2D eigenvalue weighted by molar-refractivity contribution is 7.09. The fraction of sp³-hybridized carbons (Fsp3) is 0.765. The number of ether oxygens (including phenoxy) is 1. The van der Waals surface area contributed by atoms with E-state index in [-0.39, 0.29) is 41.6 Å². The van der Waals surface area contributed by atoms with E-state index in [4.69, 9.17) is 4.74 Å². The number of nitrogens with zero attached hydrogens (tertiary/aromatic N) is 1. The fourth-order valence-electron chi connectivity index (χ4n) is 2.86. The zero-order valence-electron chi connectivity index (χ0n) is 15.5. The maximum atomic E-state index is 12.6. The number of methoxy groups -OCH3 is 1. The number of rotatable bonds is 6. The Morgan fingerprint density at radius 3 is 2.52 bits per heavy atom. The number of piperidine rings is 1. The van der Waals surface area contributed by atoms with Crippen molar-refractivity contribution in [2.75, 3.05) is 33.4 Å². The number of aromatic nitrogens is 1. The Balaban J connectivity index is 0.00000288. The second kappa shape index (κ2) is 10.7. The lowest BCUT2D eigenvalue weighted by atomic mass is 9.78. The molecule has 1 aromatic heterocycles. The first kappa shape index (κ1) is 24.6. The second-order valence-electron chi connectivity index (χ2n) is 7.35. The molecule has 0 aliphatic carbocycles. The molecule has 1 amide bonds. The molecule has 25 heavy (non-hydrogen) atoms. The summed E-state index contributed by atoms with van der Waals surface area (Å²) in [5, 5.41) is 9.61. The summed E-state index contributed by atoms with van der Waals surface area (Å²) >= 11 is 1.68. The van der Waals surface area contributed by atoms with Crippen molar-refractivity contribution in [2.45, 2.75) is 45.4 Å². The lowest BCUT2D eigenvalue weighted by Crippen LogP contribution is -2.50. The summed E-state index contributed by atoms with van der Waals surface area (Å²) in [7, 11) is 1.67. The van der Waals surface area contributed by atoms with Crippen LogP contribution >= 0.6 is 36.2 Å². The number of amides is 1. The van der Waals surface area contributed by atoms with E-state index in [0.29, 0.717) is 13.2 Å². The smallest absolute Gasteiger partial charge is 0.228 e. The number of nitrogens with one attached hydrogen (secondary N) is 2. The third-order valence-electron chi connectivity index (χ3n) is 4.41. The Kier molecular flexibility index (Phi) is 10.5. The number of hydrogen-bond donors (Lipinski definition) is 2. The molecule has 5 nitrogen and oxygen atoms in total. The molecule has 1 aliphatic heterocycles.